The zero-order valence-electron chi connectivity index (χ0n) is 13.5. The molecule has 0 saturated heterocycles. The van der Waals surface area contributed by atoms with Gasteiger partial charge >= 0.3 is 6.03 Å². The molecule has 0 spiro atoms. The number of aliphatic hydroxyl groups is 1. The molecule has 0 bridgehead atoms. The van der Waals surface area contributed by atoms with E-state index < -0.39 is 11.4 Å². The van der Waals surface area contributed by atoms with E-state index in [9.17, 15) is 4.79 Å². The number of carbonyl (C=O) groups excluding carboxylic acids is 1. The number of aromatic nitrogens is 1. The third-order valence-corrected chi connectivity index (χ3v) is 4.35. The Morgan fingerprint density at radius 3 is 2.75 bits per heavy atom. The Kier molecular flexibility index (Phi) is 5.79. The van der Waals surface area contributed by atoms with E-state index in [-0.39, 0.29) is 13.2 Å². The largest absolute Gasteiger partial charge is 0.497 e. The van der Waals surface area contributed by atoms with Gasteiger partial charge in [0.05, 0.1) is 24.8 Å². The van der Waals surface area contributed by atoms with E-state index in [1.54, 1.807) is 7.11 Å². The van der Waals surface area contributed by atoms with Crippen LogP contribution in [0.4, 0.5) is 9.93 Å². The first-order valence-electron chi connectivity index (χ1n) is 7.27. The van der Waals surface area contributed by atoms with Crippen LogP contribution in [0.5, 0.6) is 5.75 Å². The summed E-state index contributed by atoms with van der Waals surface area (Å²) in [6, 6.07) is 7.08. The van der Waals surface area contributed by atoms with Gasteiger partial charge < -0.3 is 15.2 Å². The van der Waals surface area contributed by atoms with Crippen LogP contribution >= 0.6 is 11.3 Å². The highest BCUT2D eigenvalue weighted by Gasteiger charge is 2.29. The van der Waals surface area contributed by atoms with Gasteiger partial charge in [-0.15, -0.1) is 17.8 Å². The number of thiazole rings is 1. The molecule has 1 aromatic carbocycles. The summed E-state index contributed by atoms with van der Waals surface area (Å²) in [6.45, 7) is 1.96. The van der Waals surface area contributed by atoms with Gasteiger partial charge in [-0.1, -0.05) is 18.1 Å². The second-order valence-electron chi connectivity index (χ2n) is 5.14. The fourth-order valence-corrected chi connectivity index (χ4v) is 2.92. The lowest BCUT2D eigenvalue weighted by Crippen LogP contribution is -2.31. The van der Waals surface area contributed by atoms with Crippen molar-refractivity contribution in [2.24, 2.45) is 0 Å². The molecule has 3 N–H and O–H groups in total. The van der Waals surface area contributed by atoms with Crippen LogP contribution in [-0.4, -0.2) is 36.4 Å². The van der Waals surface area contributed by atoms with Gasteiger partial charge in [-0.3, -0.25) is 5.32 Å². The Labute approximate surface area is 144 Å². The van der Waals surface area contributed by atoms with Crippen LogP contribution in [0.25, 0.3) is 0 Å². The van der Waals surface area contributed by atoms with Gasteiger partial charge in [0.25, 0.3) is 0 Å². The molecule has 6 nitrogen and oxygen atoms in total. The summed E-state index contributed by atoms with van der Waals surface area (Å²) in [5.74, 6) is 3.54. The van der Waals surface area contributed by atoms with Crippen molar-refractivity contribution in [3.8, 4) is 18.1 Å². The van der Waals surface area contributed by atoms with Crippen molar-refractivity contribution in [1.29, 1.82) is 0 Å². The van der Waals surface area contributed by atoms with Crippen LogP contribution < -0.4 is 15.4 Å². The van der Waals surface area contributed by atoms with E-state index in [4.69, 9.17) is 16.3 Å². The number of nitrogens with zero attached hydrogens (tertiary/aromatic N) is 1. The standard InChI is InChI=1S/C17H19N3O3S/c1-4-17(2,12-5-7-13(23-3)8-6-12)14-11-24-16(19-14)20-15(22)18-9-10-21/h1,5-8,11,21H,9-10H2,2-3H3,(H2,18,19,20,22)/t17-/m0/s1. The summed E-state index contributed by atoms with van der Waals surface area (Å²) in [4.78, 5) is 16.1. The number of aliphatic hydroxyl groups excluding tert-OH is 1. The van der Waals surface area contributed by atoms with E-state index in [2.05, 4.69) is 21.5 Å². The molecule has 1 heterocycles. The number of hydrogen-bond donors (Lipinski definition) is 3. The third kappa shape index (κ3) is 3.85. The maximum absolute atomic E-state index is 11.6. The fourth-order valence-electron chi connectivity index (χ4n) is 2.10. The van der Waals surface area contributed by atoms with Gasteiger partial charge in [-0.25, -0.2) is 9.78 Å². The van der Waals surface area contributed by atoms with E-state index in [0.29, 0.717) is 10.8 Å². The number of benzene rings is 1. The second kappa shape index (κ2) is 7.81. The lowest BCUT2D eigenvalue weighted by atomic mass is 9.81. The van der Waals surface area contributed by atoms with E-state index in [1.165, 1.54) is 11.3 Å². The molecule has 0 aliphatic carbocycles. The predicted molar refractivity (Wildman–Crippen MR) is 94.5 cm³/mol. The molecule has 2 aromatic rings. The van der Waals surface area contributed by atoms with Crippen molar-refractivity contribution in [3.05, 3.63) is 40.9 Å². The molecule has 0 aliphatic heterocycles. The first-order valence-corrected chi connectivity index (χ1v) is 8.15. The summed E-state index contributed by atoms with van der Waals surface area (Å²) in [6.07, 6.45) is 5.77. The SMILES string of the molecule is C#C[C@@](C)(c1ccc(OC)cc1)c1csc(NC(=O)NCCO)n1. The quantitative estimate of drug-likeness (QED) is 0.701. The predicted octanol–water partition coefficient (Wildman–Crippen LogP) is 2.20. The molecule has 0 radical (unpaired) electrons. The maximum Gasteiger partial charge on any atom is 0.321 e. The molecule has 24 heavy (non-hydrogen) atoms. The number of terminal acetylenes is 1. The van der Waals surface area contributed by atoms with Gasteiger partial charge in [-0.05, 0) is 24.6 Å². The second-order valence-corrected chi connectivity index (χ2v) is 6.00. The minimum Gasteiger partial charge on any atom is -0.497 e. The number of amides is 2. The van der Waals surface area contributed by atoms with Crippen molar-refractivity contribution >= 4 is 22.5 Å². The van der Waals surface area contributed by atoms with E-state index >= 15 is 0 Å². The van der Waals surface area contributed by atoms with Crippen LogP contribution in [0.3, 0.4) is 0 Å². The Balaban J connectivity index is 2.21. The number of nitrogens with one attached hydrogen (secondary N) is 2. The van der Waals surface area contributed by atoms with Crippen LogP contribution in [0.1, 0.15) is 18.2 Å². The number of urea groups is 1. The van der Waals surface area contributed by atoms with Crippen molar-refractivity contribution in [2.45, 2.75) is 12.3 Å². The topological polar surface area (TPSA) is 83.5 Å². The zero-order chi connectivity index (χ0) is 17.6. The van der Waals surface area contributed by atoms with Gasteiger partial charge in [0.15, 0.2) is 5.13 Å². The Bertz CT molecular complexity index is 736. The van der Waals surface area contributed by atoms with Gasteiger partial charge in [-0.2, -0.15) is 0 Å². The summed E-state index contributed by atoms with van der Waals surface area (Å²) in [7, 11) is 1.61. The van der Waals surface area contributed by atoms with Crippen molar-refractivity contribution < 1.29 is 14.6 Å². The molecule has 0 saturated carbocycles. The minimum absolute atomic E-state index is 0.122. The van der Waals surface area contributed by atoms with Gasteiger partial charge in [0.2, 0.25) is 0 Å². The zero-order valence-corrected chi connectivity index (χ0v) is 14.3. The molecule has 0 unspecified atom stereocenters. The Morgan fingerprint density at radius 2 is 2.17 bits per heavy atom. The summed E-state index contributed by atoms with van der Waals surface area (Å²) in [5, 5.41) is 16.1. The normalized spacial score (nSPS) is 12.8. The molecular formula is C17H19N3O3S. The van der Waals surface area contributed by atoms with Gasteiger partial charge in [0.1, 0.15) is 5.75 Å². The molecular weight excluding hydrogens is 326 g/mol. The highest BCUT2D eigenvalue weighted by molar-refractivity contribution is 7.14. The molecule has 1 aromatic heterocycles. The average molecular weight is 345 g/mol. The third-order valence-electron chi connectivity index (χ3n) is 3.59. The molecule has 0 aliphatic rings. The first kappa shape index (κ1) is 17.8. The lowest BCUT2D eigenvalue weighted by Gasteiger charge is -2.22. The van der Waals surface area contributed by atoms with Crippen molar-refractivity contribution in [2.75, 3.05) is 25.6 Å². The number of anilines is 1. The van der Waals surface area contributed by atoms with Crippen molar-refractivity contribution in [3.63, 3.8) is 0 Å². The fraction of sp³-hybridized carbons (Fsp3) is 0.294. The molecule has 0 fully saturated rings. The van der Waals surface area contributed by atoms with Crippen LogP contribution in [0, 0.1) is 12.3 Å². The number of rotatable bonds is 6. The van der Waals surface area contributed by atoms with Crippen molar-refractivity contribution in [1.82, 2.24) is 10.3 Å². The van der Waals surface area contributed by atoms with E-state index in [0.717, 1.165) is 11.3 Å². The molecule has 2 amide bonds. The molecule has 1 atom stereocenters. The minimum atomic E-state index is -0.718. The number of ether oxygens (including phenoxy) is 1. The summed E-state index contributed by atoms with van der Waals surface area (Å²) >= 11 is 1.29. The number of methoxy groups -OCH3 is 1. The van der Waals surface area contributed by atoms with Crippen LogP contribution in [-0.2, 0) is 5.41 Å². The first-order chi connectivity index (χ1) is 11.5. The summed E-state index contributed by atoms with van der Waals surface area (Å²) in [5.41, 5.74) is 0.870. The number of carbonyl (C=O) groups is 1. The maximum atomic E-state index is 11.6. The van der Waals surface area contributed by atoms with Gasteiger partial charge in [0, 0.05) is 11.9 Å². The number of hydrogen-bond acceptors (Lipinski definition) is 5. The molecule has 126 valence electrons. The van der Waals surface area contributed by atoms with Crippen LogP contribution in [0.15, 0.2) is 29.6 Å². The average Bonchev–Trinajstić information content (AvgIpc) is 3.08. The molecule has 7 heteroatoms. The highest BCUT2D eigenvalue weighted by atomic mass is 32.1. The van der Waals surface area contributed by atoms with E-state index in [1.807, 2.05) is 36.6 Å². The smallest absolute Gasteiger partial charge is 0.321 e. The van der Waals surface area contributed by atoms with Crippen LogP contribution in [0.2, 0.25) is 0 Å². The molecule has 2 rings (SSSR count). The Hall–Kier alpha value is -2.56. The monoisotopic (exact) mass is 345 g/mol. The summed E-state index contributed by atoms with van der Waals surface area (Å²) < 4.78 is 5.16. The highest BCUT2D eigenvalue weighted by Crippen LogP contribution is 2.34. The Morgan fingerprint density at radius 1 is 1.46 bits per heavy atom. The lowest BCUT2D eigenvalue weighted by molar-refractivity contribution is 0.245.